The third kappa shape index (κ3) is 5.25. The van der Waals surface area contributed by atoms with Crippen molar-refractivity contribution in [2.24, 2.45) is 5.92 Å². The molecular formula is C10H22O. The van der Waals surface area contributed by atoms with Crippen LogP contribution in [-0.2, 0) is 0 Å². The SMILES string of the molecule is CC.OCCCC1CCCC1. The molecule has 0 atom stereocenters. The summed E-state index contributed by atoms with van der Waals surface area (Å²) in [5.41, 5.74) is 0. The smallest absolute Gasteiger partial charge is 0.0431 e. The zero-order valence-electron chi connectivity index (χ0n) is 7.97. The van der Waals surface area contributed by atoms with Gasteiger partial charge in [-0.1, -0.05) is 39.5 Å². The molecule has 1 rings (SSSR count). The fourth-order valence-electron chi connectivity index (χ4n) is 1.68. The van der Waals surface area contributed by atoms with Gasteiger partial charge in [0, 0.05) is 6.61 Å². The van der Waals surface area contributed by atoms with Gasteiger partial charge in [-0.2, -0.15) is 0 Å². The third-order valence-corrected chi connectivity index (χ3v) is 2.25. The van der Waals surface area contributed by atoms with Crippen LogP contribution in [0.3, 0.4) is 0 Å². The van der Waals surface area contributed by atoms with Crippen molar-refractivity contribution in [2.75, 3.05) is 6.61 Å². The normalized spacial score (nSPS) is 17.7. The number of hydrogen-bond donors (Lipinski definition) is 1. The van der Waals surface area contributed by atoms with Crippen molar-refractivity contribution in [2.45, 2.75) is 52.4 Å². The van der Waals surface area contributed by atoms with E-state index in [1.807, 2.05) is 13.8 Å². The van der Waals surface area contributed by atoms with E-state index in [9.17, 15) is 0 Å². The lowest BCUT2D eigenvalue weighted by Crippen LogP contribution is -1.94. The second-order valence-electron chi connectivity index (χ2n) is 3.02. The van der Waals surface area contributed by atoms with E-state index in [1.165, 1.54) is 32.1 Å². The van der Waals surface area contributed by atoms with Crippen LogP contribution < -0.4 is 0 Å². The number of hydrogen-bond acceptors (Lipinski definition) is 1. The van der Waals surface area contributed by atoms with E-state index in [0.29, 0.717) is 6.61 Å². The van der Waals surface area contributed by atoms with E-state index in [4.69, 9.17) is 5.11 Å². The van der Waals surface area contributed by atoms with Crippen LogP contribution in [0.2, 0.25) is 0 Å². The Kier molecular flexibility index (Phi) is 8.03. The molecule has 1 nitrogen and oxygen atoms in total. The lowest BCUT2D eigenvalue weighted by atomic mass is 10.0. The Morgan fingerprint density at radius 3 is 2.18 bits per heavy atom. The van der Waals surface area contributed by atoms with Crippen molar-refractivity contribution < 1.29 is 5.11 Å². The van der Waals surface area contributed by atoms with Crippen molar-refractivity contribution in [3.8, 4) is 0 Å². The molecule has 1 fully saturated rings. The molecule has 0 heterocycles. The van der Waals surface area contributed by atoms with Crippen LogP contribution in [0.15, 0.2) is 0 Å². The highest BCUT2D eigenvalue weighted by molar-refractivity contribution is 4.66. The molecule has 0 amide bonds. The molecule has 1 N–H and O–H groups in total. The van der Waals surface area contributed by atoms with Gasteiger partial charge in [-0.05, 0) is 18.8 Å². The fraction of sp³-hybridized carbons (Fsp3) is 1.00. The van der Waals surface area contributed by atoms with Crippen LogP contribution in [0.5, 0.6) is 0 Å². The second-order valence-corrected chi connectivity index (χ2v) is 3.02. The van der Waals surface area contributed by atoms with Crippen LogP contribution in [0, 0.1) is 5.92 Å². The van der Waals surface area contributed by atoms with Gasteiger partial charge in [-0.15, -0.1) is 0 Å². The summed E-state index contributed by atoms with van der Waals surface area (Å²) in [6, 6.07) is 0. The van der Waals surface area contributed by atoms with E-state index < -0.39 is 0 Å². The molecule has 0 bridgehead atoms. The highest BCUT2D eigenvalue weighted by atomic mass is 16.2. The minimum absolute atomic E-state index is 0.385. The minimum atomic E-state index is 0.385. The van der Waals surface area contributed by atoms with Crippen LogP contribution in [0.4, 0.5) is 0 Å². The molecule has 1 aliphatic carbocycles. The Labute approximate surface area is 70.8 Å². The van der Waals surface area contributed by atoms with Crippen molar-refractivity contribution in [1.29, 1.82) is 0 Å². The maximum Gasteiger partial charge on any atom is 0.0431 e. The van der Waals surface area contributed by atoms with Gasteiger partial charge in [-0.25, -0.2) is 0 Å². The number of aliphatic hydroxyl groups excluding tert-OH is 1. The topological polar surface area (TPSA) is 20.2 Å². The molecule has 1 heteroatoms. The van der Waals surface area contributed by atoms with E-state index in [2.05, 4.69) is 0 Å². The average Bonchev–Trinajstić information content (AvgIpc) is 2.57. The number of aliphatic hydroxyl groups is 1. The fourth-order valence-corrected chi connectivity index (χ4v) is 1.68. The number of rotatable bonds is 3. The lowest BCUT2D eigenvalue weighted by Gasteiger charge is -2.04. The molecule has 0 aromatic rings. The average molecular weight is 158 g/mol. The van der Waals surface area contributed by atoms with Crippen LogP contribution in [-0.4, -0.2) is 11.7 Å². The van der Waals surface area contributed by atoms with Gasteiger partial charge in [0.25, 0.3) is 0 Å². The predicted molar refractivity (Wildman–Crippen MR) is 49.6 cm³/mol. The molecule has 0 aromatic carbocycles. The van der Waals surface area contributed by atoms with Crippen LogP contribution in [0.1, 0.15) is 52.4 Å². The van der Waals surface area contributed by atoms with Gasteiger partial charge in [0.15, 0.2) is 0 Å². The zero-order chi connectivity index (χ0) is 8.53. The molecule has 0 unspecified atom stereocenters. The van der Waals surface area contributed by atoms with Gasteiger partial charge >= 0.3 is 0 Å². The molecule has 0 aromatic heterocycles. The Bertz CT molecular complexity index is 65.3. The quantitative estimate of drug-likeness (QED) is 0.669. The summed E-state index contributed by atoms with van der Waals surface area (Å²) in [5.74, 6) is 0.956. The Hall–Kier alpha value is -0.0400. The molecule has 0 aliphatic heterocycles. The van der Waals surface area contributed by atoms with Gasteiger partial charge in [-0.3, -0.25) is 0 Å². The summed E-state index contributed by atoms with van der Waals surface area (Å²) in [7, 11) is 0. The second kappa shape index (κ2) is 8.06. The van der Waals surface area contributed by atoms with Crippen molar-refractivity contribution in [1.82, 2.24) is 0 Å². The molecular weight excluding hydrogens is 136 g/mol. The first-order valence-corrected chi connectivity index (χ1v) is 5.04. The predicted octanol–water partition coefficient (Wildman–Crippen LogP) is 2.98. The van der Waals surface area contributed by atoms with Gasteiger partial charge in [0.2, 0.25) is 0 Å². The summed E-state index contributed by atoms with van der Waals surface area (Å²) in [5, 5.41) is 8.53. The summed E-state index contributed by atoms with van der Waals surface area (Å²) in [6.45, 7) is 4.39. The van der Waals surface area contributed by atoms with Crippen molar-refractivity contribution in [3.05, 3.63) is 0 Å². The zero-order valence-corrected chi connectivity index (χ0v) is 7.97. The van der Waals surface area contributed by atoms with Gasteiger partial charge in [0.1, 0.15) is 0 Å². The summed E-state index contributed by atoms with van der Waals surface area (Å²) in [6.07, 6.45) is 7.97. The summed E-state index contributed by atoms with van der Waals surface area (Å²) in [4.78, 5) is 0. The largest absolute Gasteiger partial charge is 0.396 e. The van der Waals surface area contributed by atoms with E-state index in [1.54, 1.807) is 0 Å². The first kappa shape index (κ1) is 11.0. The molecule has 11 heavy (non-hydrogen) atoms. The first-order valence-electron chi connectivity index (χ1n) is 5.04. The van der Waals surface area contributed by atoms with Gasteiger partial charge in [0.05, 0.1) is 0 Å². The van der Waals surface area contributed by atoms with Crippen LogP contribution >= 0.6 is 0 Å². The van der Waals surface area contributed by atoms with Gasteiger partial charge < -0.3 is 5.11 Å². The summed E-state index contributed by atoms with van der Waals surface area (Å²) >= 11 is 0. The maximum atomic E-state index is 8.53. The minimum Gasteiger partial charge on any atom is -0.396 e. The molecule has 1 aliphatic rings. The van der Waals surface area contributed by atoms with Crippen molar-refractivity contribution in [3.63, 3.8) is 0 Å². The first-order chi connectivity index (χ1) is 5.43. The van der Waals surface area contributed by atoms with Crippen molar-refractivity contribution >= 4 is 0 Å². The van der Waals surface area contributed by atoms with E-state index >= 15 is 0 Å². The van der Waals surface area contributed by atoms with E-state index in [0.717, 1.165) is 12.3 Å². The Morgan fingerprint density at radius 1 is 1.18 bits per heavy atom. The molecule has 0 radical (unpaired) electrons. The molecule has 68 valence electrons. The Balaban J connectivity index is 0.000000461. The highest BCUT2D eigenvalue weighted by Crippen LogP contribution is 2.28. The Morgan fingerprint density at radius 2 is 1.73 bits per heavy atom. The molecule has 0 saturated heterocycles. The summed E-state index contributed by atoms with van der Waals surface area (Å²) < 4.78 is 0. The molecule has 0 spiro atoms. The molecule has 1 saturated carbocycles. The maximum absolute atomic E-state index is 8.53. The lowest BCUT2D eigenvalue weighted by molar-refractivity contribution is 0.271. The monoisotopic (exact) mass is 158 g/mol. The van der Waals surface area contributed by atoms with E-state index in [-0.39, 0.29) is 0 Å². The highest BCUT2D eigenvalue weighted by Gasteiger charge is 2.13. The standard InChI is InChI=1S/C8H16O.C2H6/c9-7-3-6-8-4-1-2-5-8;1-2/h8-9H,1-7H2;1-2H3. The van der Waals surface area contributed by atoms with Crippen LogP contribution in [0.25, 0.3) is 0 Å². The third-order valence-electron chi connectivity index (χ3n) is 2.25.